The largest absolute Gasteiger partial charge is 0.496 e. The molecule has 1 unspecified atom stereocenters. The highest BCUT2D eigenvalue weighted by molar-refractivity contribution is 5.79. The maximum atomic E-state index is 10.6. The number of ether oxygens (including phenoxy) is 2. The van der Waals surface area contributed by atoms with Gasteiger partial charge in [0, 0.05) is 37.5 Å². The van der Waals surface area contributed by atoms with E-state index in [4.69, 9.17) is 9.47 Å². The molecule has 1 atom stereocenters. The van der Waals surface area contributed by atoms with Gasteiger partial charge in [-0.2, -0.15) is 5.10 Å². The molecular formula is C20H31N5O3. The van der Waals surface area contributed by atoms with E-state index in [1.165, 1.54) is 0 Å². The lowest BCUT2D eigenvalue weighted by molar-refractivity contribution is 0.0671. The Hall–Kier alpha value is -2.58. The van der Waals surface area contributed by atoms with Crippen LogP contribution in [0.2, 0.25) is 0 Å². The number of para-hydroxylation sites is 1. The summed E-state index contributed by atoms with van der Waals surface area (Å²) in [6.45, 7) is 6.26. The summed E-state index contributed by atoms with van der Waals surface area (Å²) in [6, 6.07) is 7.80. The number of nitrogens with one attached hydrogen (secondary N) is 2. The van der Waals surface area contributed by atoms with Crippen LogP contribution in [-0.2, 0) is 24.0 Å². The van der Waals surface area contributed by atoms with Gasteiger partial charge in [0.25, 0.3) is 0 Å². The molecule has 0 aliphatic rings. The Kier molecular flexibility index (Phi) is 8.28. The van der Waals surface area contributed by atoms with E-state index >= 15 is 0 Å². The minimum absolute atomic E-state index is 0.218. The van der Waals surface area contributed by atoms with Crippen LogP contribution in [0.5, 0.6) is 5.75 Å². The van der Waals surface area contributed by atoms with E-state index in [0.29, 0.717) is 25.7 Å². The summed E-state index contributed by atoms with van der Waals surface area (Å²) < 4.78 is 12.7. The lowest BCUT2D eigenvalue weighted by Crippen LogP contribution is -2.40. The van der Waals surface area contributed by atoms with Crippen molar-refractivity contribution in [2.75, 3.05) is 33.4 Å². The van der Waals surface area contributed by atoms with E-state index in [9.17, 15) is 5.11 Å². The number of hydrogen-bond donors (Lipinski definition) is 3. The van der Waals surface area contributed by atoms with Crippen molar-refractivity contribution in [2.45, 2.75) is 26.1 Å². The predicted octanol–water partition coefficient (Wildman–Crippen LogP) is 1.41. The topological polar surface area (TPSA) is 92.9 Å². The maximum absolute atomic E-state index is 10.6. The third-order valence-electron chi connectivity index (χ3n) is 4.20. The van der Waals surface area contributed by atoms with Crippen LogP contribution in [0, 0.1) is 0 Å². The Labute approximate surface area is 166 Å². The number of methoxy groups -OCH3 is 1. The minimum Gasteiger partial charge on any atom is -0.496 e. The fraction of sp³-hybridized carbons (Fsp3) is 0.500. The van der Waals surface area contributed by atoms with Crippen LogP contribution in [0.4, 0.5) is 0 Å². The van der Waals surface area contributed by atoms with E-state index in [1.54, 1.807) is 31.1 Å². The Morgan fingerprint density at radius 2 is 2.11 bits per heavy atom. The van der Waals surface area contributed by atoms with Gasteiger partial charge in [0.15, 0.2) is 5.96 Å². The number of aromatic nitrogens is 2. The van der Waals surface area contributed by atoms with Crippen LogP contribution in [0.1, 0.15) is 25.0 Å². The lowest BCUT2D eigenvalue weighted by Gasteiger charge is -2.20. The highest BCUT2D eigenvalue weighted by Gasteiger charge is 2.24. The van der Waals surface area contributed by atoms with Crippen molar-refractivity contribution in [2.24, 2.45) is 12.0 Å². The second-order valence-electron chi connectivity index (χ2n) is 6.66. The molecule has 2 rings (SSSR count). The number of aliphatic imine (C=N–C) groups is 1. The zero-order valence-corrected chi connectivity index (χ0v) is 17.1. The van der Waals surface area contributed by atoms with Gasteiger partial charge in [-0.05, 0) is 19.9 Å². The summed E-state index contributed by atoms with van der Waals surface area (Å²) in [4.78, 5) is 4.49. The molecule has 0 aliphatic carbocycles. The van der Waals surface area contributed by atoms with E-state index in [0.717, 1.165) is 23.4 Å². The molecule has 0 spiro atoms. The molecule has 3 N–H and O–H groups in total. The van der Waals surface area contributed by atoms with Crippen molar-refractivity contribution in [1.82, 2.24) is 20.4 Å². The summed E-state index contributed by atoms with van der Waals surface area (Å²) >= 11 is 0. The van der Waals surface area contributed by atoms with Gasteiger partial charge in [0.05, 0.1) is 33.1 Å². The molecule has 1 aromatic heterocycles. The van der Waals surface area contributed by atoms with Crippen molar-refractivity contribution in [1.29, 1.82) is 0 Å². The summed E-state index contributed by atoms with van der Waals surface area (Å²) in [5.74, 6) is 1.45. The van der Waals surface area contributed by atoms with Crippen LogP contribution in [0.25, 0.3) is 0 Å². The highest BCUT2D eigenvalue weighted by Crippen LogP contribution is 2.20. The Balaban J connectivity index is 1.81. The maximum Gasteiger partial charge on any atom is 0.191 e. The first-order valence-electron chi connectivity index (χ1n) is 9.39. The molecular weight excluding hydrogens is 358 g/mol. The molecule has 0 bridgehead atoms. The zero-order chi connectivity index (χ0) is 20.4. The van der Waals surface area contributed by atoms with Gasteiger partial charge < -0.3 is 25.2 Å². The number of benzene rings is 1. The quantitative estimate of drug-likeness (QED) is 0.323. The third kappa shape index (κ3) is 6.54. The van der Waals surface area contributed by atoms with E-state index in [1.807, 2.05) is 38.2 Å². The molecule has 1 aromatic carbocycles. The smallest absolute Gasteiger partial charge is 0.191 e. The van der Waals surface area contributed by atoms with Crippen LogP contribution >= 0.6 is 0 Å². The van der Waals surface area contributed by atoms with Crippen molar-refractivity contribution in [3.63, 3.8) is 0 Å². The molecule has 8 heteroatoms. The molecule has 0 saturated heterocycles. The fourth-order valence-electron chi connectivity index (χ4n) is 2.61. The molecule has 1 heterocycles. The molecule has 0 saturated carbocycles. The van der Waals surface area contributed by atoms with Crippen LogP contribution < -0.4 is 15.4 Å². The summed E-state index contributed by atoms with van der Waals surface area (Å²) in [7, 11) is 3.47. The van der Waals surface area contributed by atoms with Crippen LogP contribution in [0.15, 0.2) is 41.7 Å². The summed E-state index contributed by atoms with van der Waals surface area (Å²) in [5, 5.41) is 21.1. The van der Waals surface area contributed by atoms with E-state index in [2.05, 4.69) is 20.7 Å². The predicted molar refractivity (Wildman–Crippen MR) is 109 cm³/mol. The standard InChI is InChI=1S/C20H31N5O3/c1-5-21-19(23-15-20(2,26)17-12-24-25(3)13-17)22-10-11-28-14-16-8-6-7-9-18(16)27-4/h6-9,12-13,26H,5,10-11,14-15H2,1-4H3,(H2,21,22,23). The number of guanidine groups is 1. The van der Waals surface area contributed by atoms with Gasteiger partial charge in [0.2, 0.25) is 0 Å². The van der Waals surface area contributed by atoms with E-state index < -0.39 is 5.60 Å². The normalized spacial score (nSPS) is 13.8. The zero-order valence-electron chi connectivity index (χ0n) is 17.1. The monoisotopic (exact) mass is 389 g/mol. The average molecular weight is 390 g/mol. The highest BCUT2D eigenvalue weighted by atomic mass is 16.5. The summed E-state index contributed by atoms with van der Waals surface area (Å²) in [6.07, 6.45) is 3.45. The van der Waals surface area contributed by atoms with E-state index in [-0.39, 0.29) is 6.54 Å². The van der Waals surface area contributed by atoms with Crippen molar-refractivity contribution >= 4 is 5.96 Å². The van der Waals surface area contributed by atoms with Crippen LogP contribution in [0.3, 0.4) is 0 Å². The molecule has 0 fully saturated rings. The molecule has 0 aliphatic heterocycles. The molecule has 28 heavy (non-hydrogen) atoms. The summed E-state index contributed by atoms with van der Waals surface area (Å²) in [5.41, 5.74) is 0.657. The molecule has 2 aromatic rings. The lowest BCUT2D eigenvalue weighted by atomic mass is 10.0. The van der Waals surface area contributed by atoms with Gasteiger partial charge in [-0.15, -0.1) is 0 Å². The van der Waals surface area contributed by atoms with Gasteiger partial charge in [-0.3, -0.25) is 4.68 Å². The van der Waals surface area contributed by atoms with Crippen molar-refractivity contribution in [3.8, 4) is 5.75 Å². The Bertz CT molecular complexity index is 758. The van der Waals surface area contributed by atoms with Gasteiger partial charge in [0.1, 0.15) is 11.4 Å². The SMILES string of the molecule is CCNC(=NCC(C)(O)c1cnn(C)c1)NCCOCc1ccccc1OC. The second-order valence-corrected chi connectivity index (χ2v) is 6.66. The molecule has 0 amide bonds. The molecule has 0 radical (unpaired) electrons. The van der Waals surface area contributed by atoms with Gasteiger partial charge in [-0.25, -0.2) is 4.99 Å². The molecule has 8 nitrogen and oxygen atoms in total. The number of nitrogens with zero attached hydrogens (tertiary/aromatic N) is 3. The number of rotatable bonds is 10. The average Bonchev–Trinajstić information content (AvgIpc) is 3.13. The Morgan fingerprint density at radius 1 is 1.32 bits per heavy atom. The first kappa shape index (κ1) is 21.7. The second kappa shape index (κ2) is 10.7. The van der Waals surface area contributed by atoms with Crippen LogP contribution in [-0.4, -0.2) is 54.2 Å². The minimum atomic E-state index is -1.09. The fourth-order valence-corrected chi connectivity index (χ4v) is 2.61. The van der Waals surface area contributed by atoms with Gasteiger partial charge in [-0.1, -0.05) is 18.2 Å². The number of aliphatic hydroxyl groups is 1. The van der Waals surface area contributed by atoms with Crippen molar-refractivity contribution in [3.05, 3.63) is 47.8 Å². The molecule has 154 valence electrons. The number of aryl methyl sites for hydroxylation is 1. The van der Waals surface area contributed by atoms with Crippen molar-refractivity contribution < 1.29 is 14.6 Å². The third-order valence-corrected chi connectivity index (χ3v) is 4.20. The first-order valence-corrected chi connectivity index (χ1v) is 9.39. The Morgan fingerprint density at radius 3 is 2.79 bits per heavy atom. The first-order chi connectivity index (χ1) is 13.5. The van der Waals surface area contributed by atoms with Gasteiger partial charge >= 0.3 is 0 Å². The number of hydrogen-bond acceptors (Lipinski definition) is 5.